The number of amides is 1. The van der Waals surface area contributed by atoms with Crippen LogP contribution in [-0.4, -0.2) is 27.3 Å². The Labute approximate surface area is 169 Å². The van der Waals surface area contributed by atoms with Crippen LogP contribution in [0.4, 0.5) is 5.82 Å². The number of ether oxygens (including phenoxy) is 1. The molecule has 28 heavy (non-hydrogen) atoms. The fourth-order valence-corrected chi connectivity index (χ4v) is 2.85. The Kier molecular flexibility index (Phi) is 6.31. The van der Waals surface area contributed by atoms with Gasteiger partial charge >= 0.3 is 0 Å². The molecule has 7 heteroatoms. The normalized spacial score (nSPS) is 10.9. The van der Waals surface area contributed by atoms with Crippen molar-refractivity contribution in [3.05, 3.63) is 70.6 Å². The molecule has 1 N–H and O–H groups in total. The average molecular weight is 399 g/mol. The molecule has 0 saturated heterocycles. The van der Waals surface area contributed by atoms with Crippen LogP contribution in [0.2, 0.25) is 5.02 Å². The minimum atomic E-state index is -0.226. The number of carbonyl (C=O) groups is 1. The highest BCUT2D eigenvalue weighted by Crippen LogP contribution is 2.25. The van der Waals surface area contributed by atoms with Gasteiger partial charge in [-0.3, -0.25) is 14.5 Å². The largest absolute Gasteiger partial charge is 0.493 e. The minimum Gasteiger partial charge on any atom is -0.493 e. The predicted molar refractivity (Wildman–Crippen MR) is 110 cm³/mol. The van der Waals surface area contributed by atoms with Gasteiger partial charge in [0.1, 0.15) is 5.75 Å². The highest BCUT2D eigenvalue weighted by molar-refractivity contribution is 6.30. The summed E-state index contributed by atoms with van der Waals surface area (Å²) in [5.41, 5.74) is 2.38. The zero-order valence-corrected chi connectivity index (χ0v) is 16.9. The molecule has 0 saturated carbocycles. The molecule has 2 heterocycles. The molecule has 6 nitrogen and oxygen atoms in total. The summed E-state index contributed by atoms with van der Waals surface area (Å²) in [4.78, 5) is 16.2. The third-order valence-corrected chi connectivity index (χ3v) is 4.32. The van der Waals surface area contributed by atoms with Gasteiger partial charge in [0.05, 0.1) is 13.2 Å². The van der Waals surface area contributed by atoms with Crippen LogP contribution in [0.5, 0.6) is 5.75 Å². The number of anilines is 1. The molecule has 0 unspecified atom stereocenters. The molecule has 0 atom stereocenters. The molecule has 0 aliphatic heterocycles. The maximum absolute atomic E-state index is 12.3. The number of carbonyl (C=O) groups excluding carboxylic acids is 1. The van der Waals surface area contributed by atoms with Crippen LogP contribution in [0.15, 0.2) is 48.8 Å². The topological polar surface area (TPSA) is 69.0 Å². The van der Waals surface area contributed by atoms with Crippen LogP contribution in [0, 0.1) is 12.8 Å². The zero-order chi connectivity index (χ0) is 20.1. The second-order valence-corrected chi connectivity index (χ2v) is 7.41. The van der Waals surface area contributed by atoms with E-state index >= 15 is 0 Å². The van der Waals surface area contributed by atoms with E-state index in [2.05, 4.69) is 29.2 Å². The molecule has 0 aliphatic rings. The quantitative estimate of drug-likeness (QED) is 0.632. The highest BCUT2D eigenvalue weighted by atomic mass is 35.5. The lowest BCUT2D eigenvalue weighted by Gasteiger charge is -2.14. The Bertz CT molecular complexity index is 954. The van der Waals surface area contributed by atoms with E-state index in [1.807, 2.05) is 35.9 Å². The fraction of sp³-hybridized carbons (Fsp3) is 0.286. The lowest BCUT2D eigenvalue weighted by Crippen LogP contribution is -2.13. The summed E-state index contributed by atoms with van der Waals surface area (Å²) in [6.07, 6.45) is 3.16. The van der Waals surface area contributed by atoms with Crippen LogP contribution in [0.1, 0.15) is 35.5 Å². The predicted octanol–water partition coefficient (Wildman–Crippen LogP) is 4.58. The lowest BCUT2D eigenvalue weighted by atomic mass is 10.2. The Balaban J connectivity index is 1.77. The number of nitrogens with one attached hydrogen (secondary N) is 1. The van der Waals surface area contributed by atoms with Crippen LogP contribution in [0.3, 0.4) is 0 Å². The van der Waals surface area contributed by atoms with E-state index < -0.39 is 0 Å². The van der Waals surface area contributed by atoms with Crippen molar-refractivity contribution < 1.29 is 9.53 Å². The SMILES string of the molecule is Cc1cc(NC(=O)c2ccncc2)nn1Cc1cc(Cl)ccc1OCC(C)C. The second kappa shape index (κ2) is 8.89. The summed E-state index contributed by atoms with van der Waals surface area (Å²) in [6, 6.07) is 10.7. The second-order valence-electron chi connectivity index (χ2n) is 6.98. The van der Waals surface area contributed by atoms with Crippen LogP contribution >= 0.6 is 11.6 Å². The molecule has 3 aromatic rings. The number of hydrogen-bond acceptors (Lipinski definition) is 4. The van der Waals surface area contributed by atoms with Gasteiger partial charge in [-0.2, -0.15) is 5.10 Å². The molecule has 2 aromatic heterocycles. The van der Waals surface area contributed by atoms with Crippen molar-refractivity contribution in [2.45, 2.75) is 27.3 Å². The molecule has 1 amide bonds. The van der Waals surface area contributed by atoms with Crippen molar-refractivity contribution in [2.24, 2.45) is 5.92 Å². The summed E-state index contributed by atoms with van der Waals surface area (Å²) in [6.45, 7) is 7.26. The number of pyridine rings is 1. The van der Waals surface area contributed by atoms with E-state index in [0.717, 1.165) is 17.0 Å². The fourth-order valence-electron chi connectivity index (χ4n) is 2.65. The monoisotopic (exact) mass is 398 g/mol. The summed E-state index contributed by atoms with van der Waals surface area (Å²) in [7, 11) is 0. The van der Waals surface area contributed by atoms with Crippen molar-refractivity contribution in [1.29, 1.82) is 0 Å². The maximum Gasteiger partial charge on any atom is 0.256 e. The number of aromatic nitrogens is 3. The summed E-state index contributed by atoms with van der Waals surface area (Å²) in [5.74, 6) is 1.47. The van der Waals surface area contributed by atoms with E-state index in [1.54, 1.807) is 24.5 Å². The van der Waals surface area contributed by atoms with E-state index in [1.165, 1.54) is 0 Å². The third kappa shape index (κ3) is 5.10. The van der Waals surface area contributed by atoms with Crippen LogP contribution in [-0.2, 0) is 6.54 Å². The number of hydrogen-bond donors (Lipinski definition) is 1. The van der Waals surface area contributed by atoms with Crippen molar-refractivity contribution >= 4 is 23.3 Å². The maximum atomic E-state index is 12.3. The van der Waals surface area contributed by atoms with E-state index in [-0.39, 0.29) is 5.91 Å². The van der Waals surface area contributed by atoms with Gasteiger partial charge in [0.25, 0.3) is 5.91 Å². The summed E-state index contributed by atoms with van der Waals surface area (Å²) >= 11 is 6.18. The first-order valence-electron chi connectivity index (χ1n) is 9.09. The first-order valence-corrected chi connectivity index (χ1v) is 9.47. The van der Waals surface area contributed by atoms with E-state index in [9.17, 15) is 4.79 Å². The molecule has 0 bridgehead atoms. The Morgan fingerprint density at radius 1 is 1.21 bits per heavy atom. The summed E-state index contributed by atoms with van der Waals surface area (Å²) in [5, 5.41) is 7.96. The molecule has 1 aromatic carbocycles. The van der Waals surface area contributed by atoms with Gasteiger partial charge in [-0.25, -0.2) is 0 Å². The van der Waals surface area contributed by atoms with Gasteiger partial charge in [-0.05, 0) is 43.2 Å². The van der Waals surface area contributed by atoms with E-state index in [0.29, 0.717) is 35.5 Å². The number of halogens is 1. The van der Waals surface area contributed by atoms with Crippen LogP contribution in [0.25, 0.3) is 0 Å². The molecule has 0 spiro atoms. The lowest BCUT2D eigenvalue weighted by molar-refractivity contribution is 0.102. The molecular formula is C21H23ClN4O2. The molecule has 0 fully saturated rings. The Hall–Kier alpha value is -2.86. The summed E-state index contributed by atoms with van der Waals surface area (Å²) < 4.78 is 7.73. The molecule has 3 rings (SSSR count). The number of nitrogens with zero attached hydrogens (tertiary/aromatic N) is 3. The zero-order valence-electron chi connectivity index (χ0n) is 16.1. The first-order chi connectivity index (χ1) is 13.4. The van der Waals surface area contributed by atoms with Gasteiger partial charge in [0, 0.05) is 40.3 Å². The molecule has 0 radical (unpaired) electrons. The smallest absolute Gasteiger partial charge is 0.256 e. The van der Waals surface area contributed by atoms with Gasteiger partial charge in [-0.1, -0.05) is 25.4 Å². The number of rotatable bonds is 7. The number of aryl methyl sites for hydroxylation is 1. The van der Waals surface area contributed by atoms with Gasteiger partial charge in [-0.15, -0.1) is 0 Å². The molecule has 0 aliphatic carbocycles. The van der Waals surface area contributed by atoms with Gasteiger partial charge < -0.3 is 10.1 Å². The Morgan fingerprint density at radius 3 is 2.68 bits per heavy atom. The van der Waals surface area contributed by atoms with Crippen molar-refractivity contribution in [1.82, 2.24) is 14.8 Å². The first kappa shape index (κ1) is 19.9. The molecular weight excluding hydrogens is 376 g/mol. The van der Waals surface area contributed by atoms with Gasteiger partial charge in [0.2, 0.25) is 0 Å². The number of benzene rings is 1. The minimum absolute atomic E-state index is 0.226. The van der Waals surface area contributed by atoms with Crippen molar-refractivity contribution in [3.8, 4) is 5.75 Å². The average Bonchev–Trinajstić information content (AvgIpc) is 3.00. The van der Waals surface area contributed by atoms with Crippen molar-refractivity contribution in [2.75, 3.05) is 11.9 Å². The van der Waals surface area contributed by atoms with Gasteiger partial charge in [0.15, 0.2) is 5.82 Å². The standard InChI is InChI=1S/C21H23ClN4O2/c1-14(2)13-28-19-5-4-18(22)11-17(19)12-26-15(3)10-20(25-26)24-21(27)16-6-8-23-9-7-16/h4-11,14H,12-13H2,1-3H3,(H,24,25,27). The Morgan fingerprint density at radius 2 is 1.96 bits per heavy atom. The molecule has 146 valence electrons. The van der Waals surface area contributed by atoms with E-state index in [4.69, 9.17) is 16.3 Å². The third-order valence-electron chi connectivity index (χ3n) is 4.08. The van der Waals surface area contributed by atoms with Crippen LogP contribution < -0.4 is 10.1 Å². The highest BCUT2D eigenvalue weighted by Gasteiger charge is 2.13. The van der Waals surface area contributed by atoms with Crippen molar-refractivity contribution in [3.63, 3.8) is 0 Å².